The Bertz CT molecular complexity index is 860. The summed E-state index contributed by atoms with van der Waals surface area (Å²) in [4.78, 5) is 37.4. The van der Waals surface area contributed by atoms with Gasteiger partial charge in [0.15, 0.2) is 5.69 Å². The van der Waals surface area contributed by atoms with Gasteiger partial charge in [-0.1, -0.05) is 51.8 Å². The van der Waals surface area contributed by atoms with E-state index in [0.717, 1.165) is 25.7 Å². The number of hydrogen-bond acceptors (Lipinski definition) is 4. The third kappa shape index (κ3) is 4.93. The van der Waals surface area contributed by atoms with E-state index >= 15 is 0 Å². The summed E-state index contributed by atoms with van der Waals surface area (Å²) in [5, 5.41) is 5.13. The van der Waals surface area contributed by atoms with E-state index in [0.29, 0.717) is 23.7 Å². The Morgan fingerprint density at radius 3 is 2.41 bits per heavy atom. The largest absolute Gasteiger partial charge is 0.290 e. The number of fused-ring (bicyclic) bond motifs is 1. The molecule has 1 heterocycles. The molecule has 0 saturated carbocycles. The van der Waals surface area contributed by atoms with Crippen molar-refractivity contribution in [2.24, 2.45) is 5.92 Å². The van der Waals surface area contributed by atoms with Crippen LogP contribution in [0, 0.1) is 5.92 Å². The molecule has 1 aromatic carbocycles. The Morgan fingerprint density at radius 1 is 1.07 bits per heavy atom. The fraction of sp³-hybridized carbons (Fsp3) is 0.500. The Hall–Kier alpha value is -2.70. The van der Waals surface area contributed by atoms with Crippen molar-refractivity contribution in [1.82, 2.24) is 20.6 Å². The standard InChI is InChI=1S/C20H28N4O3/c1-4-7-10-14(6-3)18(25)21-22-19(26)17-15-11-8-9-12-16(15)20(27)24(23-17)13-5-2/h8-9,11-12,14H,4-7,10,13H2,1-3H3,(H,21,25)(H,22,26). The molecule has 0 aliphatic rings. The van der Waals surface area contributed by atoms with Gasteiger partial charge >= 0.3 is 0 Å². The second kappa shape index (κ2) is 9.85. The highest BCUT2D eigenvalue weighted by atomic mass is 16.2. The van der Waals surface area contributed by atoms with Gasteiger partial charge in [-0.3, -0.25) is 25.2 Å². The molecule has 2 rings (SSSR count). The number of carbonyl (C=O) groups excluding carboxylic acids is 2. The zero-order valence-corrected chi connectivity index (χ0v) is 16.2. The minimum atomic E-state index is -0.533. The Morgan fingerprint density at radius 2 is 1.78 bits per heavy atom. The first-order chi connectivity index (χ1) is 13.0. The molecule has 7 nitrogen and oxygen atoms in total. The predicted molar refractivity (Wildman–Crippen MR) is 105 cm³/mol. The highest BCUT2D eigenvalue weighted by Gasteiger charge is 2.19. The van der Waals surface area contributed by atoms with E-state index < -0.39 is 5.91 Å². The highest BCUT2D eigenvalue weighted by molar-refractivity contribution is 6.05. The lowest BCUT2D eigenvalue weighted by atomic mass is 9.99. The summed E-state index contributed by atoms with van der Waals surface area (Å²) in [5.41, 5.74) is 4.86. The third-order valence-electron chi connectivity index (χ3n) is 4.59. The maximum absolute atomic E-state index is 12.7. The zero-order chi connectivity index (χ0) is 19.8. The van der Waals surface area contributed by atoms with Crippen molar-refractivity contribution in [3.63, 3.8) is 0 Å². The summed E-state index contributed by atoms with van der Waals surface area (Å²) in [5.74, 6) is -0.871. The third-order valence-corrected chi connectivity index (χ3v) is 4.59. The molecule has 0 saturated heterocycles. The first-order valence-corrected chi connectivity index (χ1v) is 9.63. The highest BCUT2D eigenvalue weighted by Crippen LogP contribution is 2.14. The van der Waals surface area contributed by atoms with Crippen LogP contribution in [-0.2, 0) is 11.3 Å². The number of nitrogens with one attached hydrogen (secondary N) is 2. The van der Waals surface area contributed by atoms with Gasteiger partial charge in [0.05, 0.1) is 5.39 Å². The first-order valence-electron chi connectivity index (χ1n) is 9.63. The van der Waals surface area contributed by atoms with Crippen LogP contribution in [0.3, 0.4) is 0 Å². The second-order valence-corrected chi connectivity index (χ2v) is 6.61. The van der Waals surface area contributed by atoms with Crippen molar-refractivity contribution in [3.8, 4) is 0 Å². The number of benzene rings is 1. The van der Waals surface area contributed by atoms with Crippen molar-refractivity contribution in [2.75, 3.05) is 0 Å². The molecule has 2 amide bonds. The topological polar surface area (TPSA) is 93.1 Å². The van der Waals surface area contributed by atoms with Crippen molar-refractivity contribution in [3.05, 3.63) is 40.3 Å². The normalized spacial score (nSPS) is 12.0. The maximum atomic E-state index is 12.7. The number of hydrazine groups is 1. The van der Waals surface area contributed by atoms with E-state index in [4.69, 9.17) is 0 Å². The molecule has 7 heteroatoms. The molecule has 0 radical (unpaired) electrons. The van der Waals surface area contributed by atoms with Crippen LogP contribution in [0.2, 0.25) is 0 Å². The minimum Gasteiger partial charge on any atom is -0.273 e. The molecule has 2 N–H and O–H groups in total. The molecule has 27 heavy (non-hydrogen) atoms. The van der Waals surface area contributed by atoms with Gasteiger partial charge in [0.25, 0.3) is 11.5 Å². The van der Waals surface area contributed by atoms with Crippen LogP contribution in [0.4, 0.5) is 0 Å². The lowest BCUT2D eigenvalue weighted by Crippen LogP contribution is -2.45. The van der Waals surface area contributed by atoms with E-state index in [1.165, 1.54) is 4.68 Å². The van der Waals surface area contributed by atoms with Gasteiger partial charge in [0, 0.05) is 17.8 Å². The summed E-state index contributed by atoms with van der Waals surface area (Å²) in [6.07, 6.45) is 4.21. The molecule has 1 atom stereocenters. The number of carbonyl (C=O) groups is 2. The van der Waals surface area contributed by atoms with Gasteiger partial charge in [0.1, 0.15) is 0 Å². The average molecular weight is 372 g/mol. The fourth-order valence-corrected chi connectivity index (χ4v) is 3.02. The number of amides is 2. The van der Waals surface area contributed by atoms with Crippen molar-refractivity contribution in [1.29, 1.82) is 0 Å². The van der Waals surface area contributed by atoms with Crippen molar-refractivity contribution < 1.29 is 9.59 Å². The van der Waals surface area contributed by atoms with Crippen LogP contribution in [0.5, 0.6) is 0 Å². The van der Waals surface area contributed by atoms with Crippen LogP contribution >= 0.6 is 0 Å². The second-order valence-electron chi connectivity index (χ2n) is 6.61. The van der Waals surface area contributed by atoms with E-state index in [2.05, 4.69) is 22.9 Å². The minimum absolute atomic E-state index is 0.126. The SMILES string of the molecule is CCCCC(CC)C(=O)NNC(=O)c1nn(CCC)c(=O)c2ccccc12. The van der Waals surface area contributed by atoms with Crippen LogP contribution in [0.25, 0.3) is 10.8 Å². The van der Waals surface area contributed by atoms with Crippen LogP contribution in [0.15, 0.2) is 29.1 Å². The Kier molecular flexibility index (Phi) is 7.52. The van der Waals surface area contributed by atoms with Gasteiger partial charge < -0.3 is 0 Å². The molecule has 0 fully saturated rings. The first kappa shape index (κ1) is 20.6. The van der Waals surface area contributed by atoms with Gasteiger partial charge in [-0.05, 0) is 25.3 Å². The Balaban J connectivity index is 2.23. The number of nitrogens with zero attached hydrogens (tertiary/aromatic N) is 2. The van der Waals surface area contributed by atoms with Crippen molar-refractivity contribution >= 4 is 22.6 Å². The molecule has 0 aliphatic heterocycles. The number of rotatable bonds is 8. The molecule has 1 unspecified atom stereocenters. The lowest BCUT2D eigenvalue weighted by molar-refractivity contribution is -0.126. The quantitative estimate of drug-likeness (QED) is 0.697. The average Bonchev–Trinajstić information content (AvgIpc) is 2.69. The molecule has 0 spiro atoms. The van der Waals surface area contributed by atoms with Crippen LogP contribution in [0.1, 0.15) is 63.4 Å². The Labute approximate surface area is 159 Å². The van der Waals surface area contributed by atoms with E-state index in [1.807, 2.05) is 13.8 Å². The summed E-state index contributed by atoms with van der Waals surface area (Å²) >= 11 is 0. The van der Waals surface area contributed by atoms with Crippen LogP contribution in [-0.4, -0.2) is 21.6 Å². The summed E-state index contributed by atoms with van der Waals surface area (Å²) in [6.45, 7) is 6.39. The predicted octanol–water partition coefficient (Wildman–Crippen LogP) is 2.78. The number of hydrogen-bond donors (Lipinski definition) is 2. The lowest BCUT2D eigenvalue weighted by Gasteiger charge is -2.15. The maximum Gasteiger partial charge on any atom is 0.290 e. The number of unbranched alkanes of at least 4 members (excludes halogenated alkanes) is 1. The molecular weight excluding hydrogens is 344 g/mol. The molecule has 0 bridgehead atoms. The number of aryl methyl sites for hydroxylation is 1. The van der Waals surface area contributed by atoms with E-state index in [-0.39, 0.29) is 23.1 Å². The fourth-order valence-electron chi connectivity index (χ4n) is 3.02. The van der Waals surface area contributed by atoms with Gasteiger partial charge in [0.2, 0.25) is 5.91 Å². The summed E-state index contributed by atoms with van der Waals surface area (Å²) in [6, 6.07) is 6.87. The molecule has 0 aliphatic carbocycles. The zero-order valence-electron chi connectivity index (χ0n) is 16.2. The summed E-state index contributed by atoms with van der Waals surface area (Å²) in [7, 11) is 0. The molecule has 146 valence electrons. The smallest absolute Gasteiger partial charge is 0.273 e. The number of aromatic nitrogens is 2. The van der Waals surface area contributed by atoms with E-state index in [9.17, 15) is 14.4 Å². The van der Waals surface area contributed by atoms with Crippen LogP contribution < -0.4 is 16.4 Å². The molecular formula is C20H28N4O3. The van der Waals surface area contributed by atoms with Crippen molar-refractivity contribution in [2.45, 2.75) is 59.4 Å². The monoisotopic (exact) mass is 372 g/mol. The summed E-state index contributed by atoms with van der Waals surface area (Å²) < 4.78 is 1.30. The van der Waals surface area contributed by atoms with Gasteiger partial charge in [-0.15, -0.1) is 0 Å². The van der Waals surface area contributed by atoms with Gasteiger partial charge in [-0.25, -0.2) is 4.68 Å². The molecule has 2 aromatic rings. The van der Waals surface area contributed by atoms with E-state index in [1.54, 1.807) is 24.3 Å². The van der Waals surface area contributed by atoms with Gasteiger partial charge in [-0.2, -0.15) is 5.10 Å². The molecule has 1 aromatic heterocycles.